The second-order valence-corrected chi connectivity index (χ2v) is 5.24. The Morgan fingerprint density at radius 2 is 2.00 bits per heavy atom. The van der Waals surface area contributed by atoms with Gasteiger partial charge in [0, 0.05) is 5.69 Å². The number of rotatable bonds is 3. The van der Waals surface area contributed by atoms with E-state index in [0.29, 0.717) is 12.1 Å². The molecule has 1 heterocycles. The van der Waals surface area contributed by atoms with E-state index in [2.05, 4.69) is 5.32 Å². The number of hydrogen-bond acceptors (Lipinski definition) is 3. The first-order valence-corrected chi connectivity index (χ1v) is 6.75. The maximum Gasteiger partial charge on any atom is 0.228 e. The van der Waals surface area contributed by atoms with Gasteiger partial charge in [0.05, 0.1) is 16.5 Å². The monoisotopic (exact) mass is 301 g/mol. The van der Waals surface area contributed by atoms with Gasteiger partial charge >= 0.3 is 0 Å². The first-order valence-electron chi connectivity index (χ1n) is 5.05. The number of phenols is 1. The normalized spacial score (nSPS) is 10.3. The quantitative estimate of drug-likeness (QED) is 0.844. The highest BCUT2D eigenvalue weighted by Crippen LogP contribution is 2.34. The first kappa shape index (κ1) is 13.2. The van der Waals surface area contributed by atoms with Crippen molar-refractivity contribution < 1.29 is 9.90 Å². The van der Waals surface area contributed by atoms with Crippen molar-refractivity contribution in [1.82, 2.24) is 0 Å². The lowest BCUT2D eigenvalue weighted by atomic mass is 10.2. The fourth-order valence-corrected chi connectivity index (χ4v) is 2.58. The largest absolute Gasteiger partial charge is 0.505 e. The number of amides is 1. The topological polar surface area (TPSA) is 49.3 Å². The van der Waals surface area contributed by atoms with Gasteiger partial charge in [0.15, 0.2) is 5.75 Å². The lowest BCUT2D eigenvalue weighted by Gasteiger charge is -2.07. The second-order valence-electron chi connectivity index (χ2n) is 3.65. The van der Waals surface area contributed by atoms with E-state index >= 15 is 0 Å². The first-order chi connectivity index (χ1) is 8.56. The molecular weight excluding hydrogens is 293 g/mol. The highest BCUT2D eigenvalue weighted by Gasteiger charge is 2.09. The van der Waals surface area contributed by atoms with Crippen LogP contribution in [0.5, 0.6) is 5.75 Å². The number of carbonyl (C=O) groups is 1. The van der Waals surface area contributed by atoms with Crippen LogP contribution in [0.3, 0.4) is 0 Å². The van der Waals surface area contributed by atoms with E-state index in [0.717, 1.165) is 5.56 Å². The van der Waals surface area contributed by atoms with Crippen LogP contribution in [0.25, 0.3) is 0 Å². The number of thiophene rings is 1. The fraction of sp³-hybridized carbons (Fsp3) is 0.0833. The fourth-order valence-electron chi connectivity index (χ4n) is 1.42. The number of halogens is 2. The van der Waals surface area contributed by atoms with Crippen LogP contribution in [0.4, 0.5) is 5.69 Å². The highest BCUT2D eigenvalue weighted by molar-refractivity contribution is 7.08. The molecule has 6 heteroatoms. The highest BCUT2D eigenvalue weighted by atomic mass is 35.5. The number of phenolic OH excluding ortho intramolecular Hbond substituents is 1. The van der Waals surface area contributed by atoms with Crippen molar-refractivity contribution in [1.29, 1.82) is 0 Å². The number of anilines is 1. The van der Waals surface area contributed by atoms with Gasteiger partial charge in [-0.1, -0.05) is 23.2 Å². The van der Waals surface area contributed by atoms with Gasteiger partial charge in [-0.3, -0.25) is 4.79 Å². The van der Waals surface area contributed by atoms with E-state index in [1.54, 1.807) is 0 Å². The van der Waals surface area contributed by atoms with Crippen LogP contribution < -0.4 is 5.32 Å². The minimum atomic E-state index is -0.186. The van der Waals surface area contributed by atoms with E-state index in [9.17, 15) is 9.90 Å². The number of carbonyl (C=O) groups excluding carboxylic acids is 1. The minimum absolute atomic E-state index is 0.105. The van der Waals surface area contributed by atoms with E-state index in [-0.39, 0.29) is 21.7 Å². The molecule has 1 aromatic heterocycles. The molecule has 1 amide bonds. The summed E-state index contributed by atoms with van der Waals surface area (Å²) in [6.07, 6.45) is 0.291. The molecule has 94 valence electrons. The SMILES string of the molecule is O=C(Cc1ccsc1)Nc1cc(Cl)c(O)c(Cl)c1. The molecule has 1 aromatic carbocycles. The van der Waals surface area contributed by atoms with Crippen molar-refractivity contribution in [3.63, 3.8) is 0 Å². The Morgan fingerprint density at radius 3 is 2.56 bits per heavy atom. The molecule has 2 N–H and O–H groups in total. The molecule has 0 aliphatic carbocycles. The molecule has 0 fully saturated rings. The van der Waals surface area contributed by atoms with Gasteiger partial charge in [0.2, 0.25) is 5.91 Å². The Kier molecular flexibility index (Phi) is 4.11. The summed E-state index contributed by atoms with van der Waals surface area (Å²) in [5, 5.41) is 16.1. The van der Waals surface area contributed by atoms with Crippen LogP contribution in [0, 0.1) is 0 Å². The standard InChI is InChI=1S/C12H9Cl2NO2S/c13-9-4-8(5-10(14)12(9)17)15-11(16)3-7-1-2-18-6-7/h1-2,4-6,17H,3H2,(H,15,16). The summed E-state index contributed by atoms with van der Waals surface area (Å²) in [6, 6.07) is 4.80. The molecule has 0 spiro atoms. The van der Waals surface area contributed by atoms with Crippen LogP contribution in [0.2, 0.25) is 10.0 Å². The van der Waals surface area contributed by atoms with Crippen molar-refractivity contribution in [2.75, 3.05) is 5.32 Å². The lowest BCUT2D eigenvalue weighted by Crippen LogP contribution is -2.13. The molecule has 0 aliphatic heterocycles. The maximum atomic E-state index is 11.7. The molecule has 0 aliphatic rings. The summed E-state index contributed by atoms with van der Waals surface area (Å²) in [6.45, 7) is 0. The molecular formula is C12H9Cl2NO2S. The Hall–Kier alpha value is -1.23. The molecule has 0 bridgehead atoms. The van der Waals surface area contributed by atoms with Gasteiger partial charge in [-0.05, 0) is 34.5 Å². The Labute approximate surface area is 118 Å². The van der Waals surface area contributed by atoms with Gasteiger partial charge in [-0.15, -0.1) is 0 Å². The molecule has 0 atom stereocenters. The molecule has 0 unspecified atom stereocenters. The van der Waals surface area contributed by atoms with E-state index in [4.69, 9.17) is 23.2 Å². The summed E-state index contributed by atoms with van der Waals surface area (Å²) in [7, 11) is 0. The van der Waals surface area contributed by atoms with Crippen LogP contribution >= 0.6 is 34.5 Å². The lowest BCUT2D eigenvalue weighted by molar-refractivity contribution is -0.115. The van der Waals surface area contributed by atoms with Crippen LogP contribution in [-0.4, -0.2) is 11.0 Å². The zero-order valence-corrected chi connectivity index (χ0v) is 11.4. The van der Waals surface area contributed by atoms with Gasteiger partial charge in [-0.2, -0.15) is 11.3 Å². The smallest absolute Gasteiger partial charge is 0.228 e. The molecule has 0 saturated carbocycles. The average Bonchev–Trinajstić information content (AvgIpc) is 2.78. The molecule has 18 heavy (non-hydrogen) atoms. The van der Waals surface area contributed by atoms with Crippen molar-refractivity contribution in [3.05, 3.63) is 44.6 Å². The number of aromatic hydroxyl groups is 1. The molecule has 2 aromatic rings. The second kappa shape index (κ2) is 5.61. The summed E-state index contributed by atoms with van der Waals surface area (Å²) in [5.74, 6) is -0.347. The van der Waals surface area contributed by atoms with Crippen molar-refractivity contribution in [2.45, 2.75) is 6.42 Å². The summed E-state index contributed by atoms with van der Waals surface area (Å²) in [4.78, 5) is 11.7. The van der Waals surface area contributed by atoms with Crippen molar-refractivity contribution in [2.24, 2.45) is 0 Å². The zero-order chi connectivity index (χ0) is 13.1. The van der Waals surface area contributed by atoms with Gasteiger partial charge in [0.25, 0.3) is 0 Å². The average molecular weight is 302 g/mol. The van der Waals surface area contributed by atoms with Crippen LogP contribution in [0.1, 0.15) is 5.56 Å². The predicted molar refractivity (Wildman–Crippen MR) is 74.8 cm³/mol. The Balaban J connectivity index is 2.07. The predicted octanol–water partition coefficient (Wildman–Crippen LogP) is 3.94. The third-order valence-corrected chi connectivity index (χ3v) is 3.55. The molecule has 0 saturated heterocycles. The summed E-state index contributed by atoms with van der Waals surface area (Å²) >= 11 is 13.1. The summed E-state index contributed by atoms with van der Waals surface area (Å²) in [5.41, 5.74) is 1.41. The van der Waals surface area contributed by atoms with E-state index in [1.165, 1.54) is 23.5 Å². The Morgan fingerprint density at radius 1 is 1.33 bits per heavy atom. The molecule has 0 radical (unpaired) electrons. The van der Waals surface area contributed by atoms with Crippen LogP contribution in [-0.2, 0) is 11.2 Å². The molecule has 3 nitrogen and oxygen atoms in total. The van der Waals surface area contributed by atoms with Gasteiger partial charge < -0.3 is 10.4 Å². The van der Waals surface area contributed by atoms with Crippen molar-refractivity contribution in [3.8, 4) is 5.75 Å². The third-order valence-electron chi connectivity index (χ3n) is 2.25. The Bertz CT molecular complexity index is 546. The summed E-state index contributed by atoms with van der Waals surface area (Å²) < 4.78 is 0. The van der Waals surface area contributed by atoms with Gasteiger partial charge in [0.1, 0.15) is 0 Å². The zero-order valence-electron chi connectivity index (χ0n) is 9.11. The van der Waals surface area contributed by atoms with E-state index in [1.807, 2.05) is 16.8 Å². The van der Waals surface area contributed by atoms with Crippen molar-refractivity contribution >= 4 is 46.1 Å². The maximum absolute atomic E-state index is 11.7. The van der Waals surface area contributed by atoms with Gasteiger partial charge in [-0.25, -0.2) is 0 Å². The number of nitrogens with one attached hydrogen (secondary N) is 1. The number of benzene rings is 1. The van der Waals surface area contributed by atoms with Crippen LogP contribution in [0.15, 0.2) is 29.0 Å². The van der Waals surface area contributed by atoms with E-state index < -0.39 is 0 Å². The third kappa shape index (κ3) is 3.16. The minimum Gasteiger partial charge on any atom is -0.505 e. The number of hydrogen-bond donors (Lipinski definition) is 2. The molecule has 2 rings (SSSR count).